The molecule has 1 amide bonds. The molecule has 1 fully saturated rings. The van der Waals surface area contributed by atoms with Crippen molar-refractivity contribution in [2.45, 2.75) is 33.4 Å². The fourth-order valence-electron chi connectivity index (χ4n) is 4.77. The Kier molecular flexibility index (Phi) is 10.5. The Balaban J connectivity index is 0.000000646. The van der Waals surface area contributed by atoms with Crippen LogP contribution in [0.3, 0.4) is 0 Å². The van der Waals surface area contributed by atoms with Gasteiger partial charge in [-0.3, -0.25) is 4.79 Å². The van der Waals surface area contributed by atoms with E-state index in [1.807, 2.05) is 19.1 Å². The molecule has 43 heavy (non-hydrogen) atoms. The lowest BCUT2D eigenvalue weighted by Crippen LogP contribution is -2.45. The van der Waals surface area contributed by atoms with Crippen LogP contribution >= 0.6 is 0 Å². The number of methoxy groups -OCH3 is 1. The van der Waals surface area contributed by atoms with Crippen molar-refractivity contribution in [1.82, 2.24) is 14.9 Å². The lowest BCUT2D eigenvalue weighted by Gasteiger charge is -2.36. The molecule has 232 valence electrons. The van der Waals surface area contributed by atoms with Gasteiger partial charge in [0.1, 0.15) is 17.3 Å². The molecule has 3 aromatic rings. The third kappa shape index (κ3) is 7.89. The Morgan fingerprint density at radius 2 is 1.67 bits per heavy atom. The molecular weight excluding hydrogens is 572 g/mol. The molecule has 0 radical (unpaired) electrons. The number of alkyl halides is 3. The van der Waals surface area contributed by atoms with E-state index in [0.29, 0.717) is 23.6 Å². The quantitative estimate of drug-likeness (QED) is 0.327. The van der Waals surface area contributed by atoms with Gasteiger partial charge < -0.3 is 30.7 Å². The Morgan fingerprint density at radius 1 is 1.09 bits per heavy atom. The molecule has 0 unspecified atom stereocenters. The van der Waals surface area contributed by atoms with Crippen LogP contribution in [0.5, 0.6) is 5.75 Å². The van der Waals surface area contributed by atoms with E-state index in [1.54, 1.807) is 12.1 Å². The summed E-state index contributed by atoms with van der Waals surface area (Å²) in [6.07, 6.45) is -4.65. The fourth-order valence-corrected chi connectivity index (χ4v) is 4.77. The highest BCUT2D eigenvalue weighted by atomic mass is 19.4. The summed E-state index contributed by atoms with van der Waals surface area (Å²) >= 11 is 0. The normalized spacial score (nSPS) is 13.7. The maximum absolute atomic E-state index is 14.9. The predicted octanol–water partition coefficient (Wildman–Crippen LogP) is 4.70. The largest absolute Gasteiger partial charge is 0.496 e. The van der Waals surface area contributed by atoms with Crippen LogP contribution in [0.15, 0.2) is 30.3 Å². The van der Waals surface area contributed by atoms with Gasteiger partial charge in [-0.05, 0) is 62.7 Å². The summed E-state index contributed by atoms with van der Waals surface area (Å²) in [5.41, 5.74) is 10.8. The number of carboxylic acid groups (broad SMARTS) is 1. The minimum absolute atomic E-state index is 0.00403. The summed E-state index contributed by atoms with van der Waals surface area (Å²) in [5.74, 6) is -3.45. The van der Waals surface area contributed by atoms with Gasteiger partial charge in [-0.25, -0.2) is 19.2 Å². The number of carbonyl (C=O) groups is 2. The fraction of sp³-hybridized carbons (Fsp3) is 0.379. The summed E-state index contributed by atoms with van der Waals surface area (Å²) in [6.45, 7) is 9.97. The summed E-state index contributed by atoms with van der Waals surface area (Å²) in [4.78, 5) is 35.1. The SMILES string of the molecule is CCc1nc(C(N)=O)c(Nc2cc(C)c(N3CCN(C)CC3)c(C)c2)nc1-c1c(F)cccc1OC.O=C(O)C(F)(F)F. The van der Waals surface area contributed by atoms with Gasteiger partial charge in [0.25, 0.3) is 5.91 Å². The lowest BCUT2D eigenvalue weighted by molar-refractivity contribution is -0.192. The van der Waals surface area contributed by atoms with Gasteiger partial charge in [-0.15, -0.1) is 0 Å². The molecule has 2 aromatic carbocycles. The second kappa shape index (κ2) is 13.7. The van der Waals surface area contributed by atoms with Crippen LogP contribution < -0.4 is 20.7 Å². The van der Waals surface area contributed by atoms with Crippen LogP contribution in [-0.2, 0) is 11.2 Å². The topological polar surface area (TPSA) is 134 Å². The average molecular weight is 607 g/mol. The number of halogens is 4. The third-order valence-electron chi connectivity index (χ3n) is 6.78. The van der Waals surface area contributed by atoms with Crippen LogP contribution in [0.1, 0.15) is 34.2 Å². The van der Waals surface area contributed by atoms with E-state index in [9.17, 15) is 22.4 Å². The number of aromatic nitrogens is 2. The van der Waals surface area contributed by atoms with E-state index in [2.05, 4.69) is 46.0 Å². The zero-order chi connectivity index (χ0) is 32.1. The number of aryl methyl sites for hydroxylation is 3. The van der Waals surface area contributed by atoms with Crippen molar-refractivity contribution < 1.29 is 37.0 Å². The van der Waals surface area contributed by atoms with Crippen LogP contribution in [-0.4, -0.2) is 78.4 Å². The number of carboxylic acids is 1. The number of nitrogens with zero attached hydrogens (tertiary/aromatic N) is 4. The lowest BCUT2D eigenvalue weighted by atomic mass is 10.0. The van der Waals surface area contributed by atoms with Crippen LogP contribution in [0.4, 0.5) is 34.8 Å². The molecule has 0 spiro atoms. The van der Waals surface area contributed by atoms with Crippen molar-refractivity contribution in [1.29, 1.82) is 0 Å². The molecule has 10 nitrogen and oxygen atoms in total. The van der Waals surface area contributed by atoms with Crippen molar-refractivity contribution in [2.75, 3.05) is 50.6 Å². The van der Waals surface area contributed by atoms with Gasteiger partial charge in [0.05, 0.1) is 18.4 Å². The molecule has 4 N–H and O–H groups in total. The number of nitrogens with one attached hydrogen (secondary N) is 1. The van der Waals surface area contributed by atoms with E-state index in [0.717, 1.165) is 43.0 Å². The van der Waals surface area contributed by atoms with Crippen LogP contribution in [0, 0.1) is 19.7 Å². The minimum atomic E-state index is -5.08. The Morgan fingerprint density at radius 3 is 2.16 bits per heavy atom. The van der Waals surface area contributed by atoms with Gasteiger partial charge in [0.15, 0.2) is 11.5 Å². The maximum Gasteiger partial charge on any atom is 0.490 e. The van der Waals surface area contributed by atoms with E-state index in [1.165, 1.54) is 18.9 Å². The summed E-state index contributed by atoms with van der Waals surface area (Å²) in [5, 5.41) is 10.4. The maximum atomic E-state index is 14.9. The second-order valence-corrected chi connectivity index (χ2v) is 9.93. The number of aliphatic carboxylic acids is 1. The van der Waals surface area contributed by atoms with E-state index >= 15 is 0 Å². The molecular formula is C29H34F4N6O4. The van der Waals surface area contributed by atoms with Crippen molar-refractivity contribution in [3.8, 4) is 17.0 Å². The highest BCUT2D eigenvalue weighted by molar-refractivity contribution is 5.97. The number of ether oxygens (including phenoxy) is 1. The highest BCUT2D eigenvalue weighted by Gasteiger charge is 2.38. The molecule has 14 heteroatoms. The molecule has 0 saturated carbocycles. The van der Waals surface area contributed by atoms with E-state index < -0.39 is 23.9 Å². The number of primary amides is 1. The number of nitrogens with two attached hydrogens (primary N) is 1. The number of hydrogen-bond acceptors (Lipinski definition) is 8. The number of likely N-dealkylation sites (N-methyl/N-ethyl adjacent to an activating group) is 1. The first-order valence-electron chi connectivity index (χ1n) is 13.3. The number of rotatable bonds is 7. The Bertz CT molecular complexity index is 1470. The number of piperazine rings is 1. The number of benzene rings is 2. The molecule has 0 bridgehead atoms. The molecule has 1 saturated heterocycles. The number of hydrogen-bond donors (Lipinski definition) is 3. The monoisotopic (exact) mass is 606 g/mol. The van der Waals surface area contributed by atoms with Gasteiger partial charge in [0, 0.05) is 37.6 Å². The van der Waals surface area contributed by atoms with Crippen molar-refractivity contribution in [2.24, 2.45) is 5.73 Å². The molecule has 1 aliphatic rings. The zero-order valence-corrected chi connectivity index (χ0v) is 24.5. The van der Waals surface area contributed by atoms with Crippen molar-refractivity contribution in [3.63, 3.8) is 0 Å². The molecule has 2 heterocycles. The van der Waals surface area contributed by atoms with Gasteiger partial charge in [-0.1, -0.05) is 13.0 Å². The first-order chi connectivity index (χ1) is 20.2. The average Bonchev–Trinajstić information content (AvgIpc) is 2.93. The predicted molar refractivity (Wildman–Crippen MR) is 154 cm³/mol. The molecule has 1 aliphatic heterocycles. The van der Waals surface area contributed by atoms with Gasteiger partial charge >= 0.3 is 12.1 Å². The third-order valence-corrected chi connectivity index (χ3v) is 6.78. The number of amides is 1. The van der Waals surface area contributed by atoms with Crippen LogP contribution in [0.25, 0.3) is 11.3 Å². The van der Waals surface area contributed by atoms with E-state index in [4.69, 9.17) is 20.4 Å². The Labute approximate surface area is 246 Å². The van der Waals surface area contributed by atoms with Crippen molar-refractivity contribution >= 4 is 29.1 Å². The summed E-state index contributed by atoms with van der Waals surface area (Å²) in [6, 6.07) is 8.62. The first kappa shape index (κ1) is 33.0. The van der Waals surface area contributed by atoms with E-state index in [-0.39, 0.29) is 17.1 Å². The standard InChI is InChI=1S/C27H33FN6O2.C2HF3O2/c1-6-20-23(22-19(28)8-7-9-21(22)36-5)32-27(24(31-20)26(29)35)30-18-14-16(2)25(17(3)15-18)34-12-10-33(4)11-13-34;3-2(4,5)1(6)7/h7-9,14-15H,6,10-13H2,1-5H3,(H2,29,35)(H,30,32);(H,6,7). The second-order valence-electron chi connectivity index (χ2n) is 9.93. The molecule has 4 rings (SSSR count). The number of anilines is 3. The molecule has 1 aromatic heterocycles. The minimum Gasteiger partial charge on any atom is -0.496 e. The van der Waals surface area contributed by atoms with Gasteiger partial charge in [0.2, 0.25) is 0 Å². The summed E-state index contributed by atoms with van der Waals surface area (Å²) in [7, 11) is 3.61. The number of carbonyl (C=O) groups excluding carboxylic acids is 1. The molecule has 0 aliphatic carbocycles. The summed E-state index contributed by atoms with van der Waals surface area (Å²) < 4.78 is 52.1. The molecule has 0 atom stereocenters. The first-order valence-corrected chi connectivity index (χ1v) is 13.3. The van der Waals surface area contributed by atoms with Gasteiger partial charge in [-0.2, -0.15) is 13.2 Å². The zero-order valence-electron chi connectivity index (χ0n) is 24.5. The Hall–Kier alpha value is -4.46. The smallest absolute Gasteiger partial charge is 0.490 e. The van der Waals surface area contributed by atoms with Crippen LogP contribution in [0.2, 0.25) is 0 Å². The van der Waals surface area contributed by atoms with Crippen molar-refractivity contribution in [3.05, 3.63) is 58.7 Å². The highest BCUT2D eigenvalue weighted by Crippen LogP contribution is 2.36.